The van der Waals surface area contributed by atoms with Gasteiger partial charge in [0.25, 0.3) is 5.91 Å². The third-order valence-electron chi connectivity index (χ3n) is 4.53. The lowest BCUT2D eigenvalue weighted by atomic mass is 10.1. The molecule has 7 heteroatoms. The van der Waals surface area contributed by atoms with Crippen molar-refractivity contribution in [2.45, 2.75) is 38.1 Å². The van der Waals surface area contributed by atoms with Crippen LogP contribution in [0.3, 0.4) is 0 Å². The van der Waals surface area contributed by atoms with E-state index in [1.807, 2.05) is 31.2 Å². The number of carbonyl (C=O) groups excluding carboxylic acids is 1. The van der Waals surface area contributed by atoms with E-state index in [4.69, 9.17) is 4.52 Å². The zero-order chi connectivity index (χ0) is 20.6. The summed E-state index contributed by atoms with van der Waals surface area (Å²) in [6, 6.07) is 13.4. The number of nitrogens with one attached hydrogen (secondary N) is 1. The number of amides is 1. The molecule has 6 nitrogen and oxygen atoms in total. The largest absolute Gasteiger partial charge is 0.361 e. The first-order valence-electron chi connectivity index (χ1n) is 9.71. The average molecular weight is 411 g/mol. The quantitative estimate of drug-likeness (QED) is 0.513. The van der Waals surface area contributed by atoms with Crippen LogP contribution in [0.1, 0.15) is 41.2 Å². The number of anilines is 1. The summed E-state index contributed by atoms with van der Waals surface area (Å²) in [6.07, 6.45) is 1.69. The van der Waals surface area contributed by atoms with Crippen LogP contribution in [0.4, 0.5) is 5.69 Å². The number of hydrogen-bond acceptors (Lipinski definition) is 6. The Kier molecular flexibility index (Phi) is 7.43. The Morgan fingerprint density at radius 2 is 2.00 bits per heavy atom. The molecular weight excluding hydrogens is 384 g/mol. The Hall–Kier alpha value is -2.64. The third-order valence-corrected chi connectivity index (χ3v) is 5.57. The van der Waals surface area contributed by atoms with Crippen LogP contribution in [0.25, 0.3) is 0 Å². The molecule has 1 amide bonds. The zero-order valence-electron chi connectivity index (χ0n) is 17.0. The molecular formula is C22H26N4O2S. The fourth-order valence-electron chi connectivity index (χ4n) is 2.96. The van der Waals surface area contributed by atoms with Gasteiger partial charge in [0.15, 0.2) is 0 Å². The highest BCUT2D eigenvalue weighted by Gasteiger charge is 2.14. The van der Waals surface area contributed by atoms with Crippen molar-refractivity contribution < 1.29 is 9.32 Å². The van der Waals surface area contributed by atoms with Crippen molar-refractivity contribution >= 4 is 23.4 Å². The summed E-state index contributed by atoms with van der Waals surface area (Å²) in [6.45, 7) is 9.01. The number of pyridine rings is 1. The first-order valence-corrected chi connectivity index (χ1v) is 10.7. The average Bonchev–Trinajstić information content (AvgIpc) is 3.16. The first kappa shape index (κ1) is 21.1. The predicted molar refractivity (Wildman–Crippen MR) is 116 cm³/mol. The van der Waals surface area contributed by atoms with Gasteiger partial charge in [-0.3, -0.25) is 9.69 Å². The van der Waals surface area contributed by atoms with E-state index in [0.29, 0.717) is 16.3 Å². The van der Waals surface area contributed by atoms with E-state index < -0.39 is 0 Å². The third kappa shape index (κ3) is 5.92. The van der Waals surface area contributed by atoms with Gasteiger partial charge >= 0.3 is 0 Å². The van der Waals surface area contributed by atoms with Crippen LogP contribution in [0.15, 0.2) is 58.2 Å². The fraction of sp³-hybridized carbons (Fsp3) is 0.318. The summed E-state index contributed by atoms with van der Waals surface area (Å²) >= 11 is 1.47. The molecule has 0 unspecified atom stereocenters. The van der Waals surface area contributed by atoms with Gasteiger partial charge in [-0.25, -0.2) is 4.98 Å². The second-order valence-corrected chi connectivity index (χ2v) is 7.65. The number of thioether (sulfide) groups is 1. The Bertz CT molecular complexity index is 953. The molecule has 1 N–H and O–H groups in total. The number of hydrogen-bond donors (Lipinski definition) is 1. The van der Waals surface area contributed by atoms with Gasteiger partial charge in [0.05, 0.1) is 11.3 Å². The first-order chi connectivity index (χ1) is 14.1. The monoisotopic (exact) mass is 410 g/mol. The standard InChI is InChI=1S/C22H26N4O2S/c1-4-26(5-2)14-17-8-6-9-18(13-17)24-21(27)20-10-7-11-23-22(20)29-15-19-12-16(3)28-25-19/h6-13H,4-5,14-15H2,1-3H3,(H,24,27). The molecule has 0 saturated heterocycles. The molecule has 3 rings (SSSR count). The lowest BCUT2D eigenvalue weighted by Gasteiger charge is -2.18. The number of aryl methyl sites for hydroxylation is 1. The van der Waals surface area contributed by atoms with Crippen molar-refractivity contribution in [1.82, 2.24) is 15.0 Å². The summed E-state index contributed by atoms with van der Waals surface area (Å²) < 4.78 is 5.10. The minimum Gasteiger partial charge on any atom is -0.361 e. The van der Waals surface area contributed by atoms with Gasteiger partial charge in [-0.15, -0.1) is 0 Å². The van der Waals surface area contributed by atoms with E-state index in [0.717, 1.165) is 36.8 Å². The van der Waals surface area contributed by atoms with Crippen molar-refractivity contribution in [2.75, 3.05) is 18.4 Å². The molecule has 0 fully saturated rings. The minimum atomic E-state index is -0.170. The van der Waals surface area contributed by atoms with Crippen LogP contribution < -0.4 is 5.32 Å². The van der Waals surface area contributed by atoms with Crippen LogP contribution in [0.2, 0.25) is 0 Å². The highest BCUT2D eigenvalue weighted by atomic mass is 32.2. The molecule has 3 aromatic rings. The smallest absolute Gasteiger partial charge is 0.258 e. The van der Waals surface area contributed by atoms with E-state index in [1.165, 1.54) is 17.3 Å². The fourth-order valence-corrected chi connectivity index (χ4v) is 3.83. The van der Waals surface area contributed by atoms with Crippen molar-refractivity contribution in [2.24, 2.45) is 0 Å². The summed E-state index contributed by atoms with van der Waals surface area (Å²) in [5.41, 5.74) is 3.33. The maximum Gasteiger partial charge on any atom is 0.258 e. The second kappa shape index (κ2) is 10.2. The van der Waals surface area contributed by atoms with Crippen LogP contribution in [-0.2, 0) is 12.3 Å². The van der Waals surface area contributed by atoms with E-state index in [-0.39, 0.29) is 5.91 Å². The lowest BCUT2D eigenvalue weighted by Crippen LogP contribution is -2.22. The molecule has 0 spiro atoms. The van der Waals surface area contributed by atoms with Gasteiger partial charge in [-0.1, -0.05) is 42.9 Å². The SMILES string of the molecule is CCN(CC)Cc1cccc(NC(=O)c2cccnc2SCc2cc(C)on2)c1. The Labute approximate surface area is 175 Å². The van der Waals surface area contributed by atoms with Crippen molar-refractivity contribution in [3.8, 4) is 0 Å². The van der Waals surface area contributed by atoms with Gasteiger partial charge in [0.2, 0.25) is 0 Å². The van der Waals surface area contributed by atoms with Crippen LogP contribution in [0, 0.1) is 6.92 Å². The van der Waals surface area contributed by atoms with Crippen LogP contribution in [0.5, 0.6) is 0 Å². The molecule has 0 aliphatic rings. The molecule has 0 bridgehead atoms. The van der Waals surface area contributed by atoms with Gasteiger partial charge in [-0.2, -0.15) is 0 Å². The zero-order valence-corrected chi connectivity index (χ0v) is 17.8. The van der Waals surface area contributed by atoms with E-state index in [1.54, 1.807) is 18.3 Å². The van der Waals surface area contributed by atoms with Gasteiger partial charge in [-0.05, 0) is 49.8 Å². The van der Waals surface area contributed by atoms with Gasteiger partial charge in [0.1, 0.15) is 10.8 Å². The van der Waals surface area contributed by atoms with Gasteiger partial charge < -0.3 is 9.84 Å². The molecule has 2 heterocycles. The Morgan fingerprint density at radius 1 is 1.17 bits per heavy atom. The molecule has 29 heavy (non-hydrogen) atoms. The van der Waals surface area contributed by atoms with E-state index in [9.17, 15) is 4.79 Å². The molecule has 0 radical (unpaired) electrons. The molecule has 1 aromatic carbocycles. The van der Waals surface area contributed by atoms with Crippen LogP contribution >= 0.6 is 11.8 Å². The molecule has 152 valence electrons. The number of rotatable bonds is 9. The molecule has 0 aliphatic carbocycles. The maximum absolute atomic E-state index is 12.9. The highest BCUT2D eigenvalue weighted by Crippen LogP contribution is 2.25. The second-order valence-electron chi connectivity index (χ2n) is 6.69. The topological polar surface area (TPSA) is 71.3 Å². The number of carbonyl (C=O) groups is 1. The number of nitrogens with zero attached hydrogens (tertiary/aromatic N) is 3. The highest BCUT2D eigenvalue weighted by molar-refractivity contribution is 7.98. The maximum atomic E-state index is 12.9. The lowest BCUT2D eigenvalue weighted by molar-refractivity contribution is 0.102. The van der Waals surface area contributed by atoms with Crippen molar-refractivity contribution in [1.29, 1.82) is 0 Å². The molecule has 0 atom stereocenters. The summed E-state index contributed by atoms with van der Waals surface area (Å²) in [5, 5.41) is 7.67. The minimum absolute atomic E-state index is 0.170. The Balaban J connectivity index is 1.69. The van der Waals surface area contributed by atoms with Crippen molar-refractivity contribution in [3.05, 3.63) is 71.2 Å². The van der Waals surface area contributed by atoms with Crippen LogP contribution in [-0.4, -0.2) is 34.0 Å². The van der Waals surface area contributed by atoms with Crippen molar-refractivity contribution in [3.63, 3.8) is 0 Å². The molecule has 0 saturated carbocycles. The summed E-state index contributed by atoms with van der Waals surface area (Å²) in [5.74, 6) is 1.19. The normalized spacial score (nSPS) is 11.0. The summed E-state index contributed by atoms with van der Waals surface area (Å²) in [7, 11) is 0. The van der Waals surface area contributed by atoms with E-state index in [2.05, 4.69) is 40.3 Å². The number of aromatic nitrogens is 2. The predicted octanol–water partition coefficient (Wildman–Crippen LogP) is 4.76. The summed E-state index contributed by atoms with van der Waals surface area (Å²) in [4.78, 5) is 19.6. The Morgan fingerprint density at radius 3 is 2.72 bits per heavy atom. The van der Waals surface area contributed by atoms with Gasteiger partial charge in [0, 0.05) is 30.2 Å². The molecule has 2 aromatic heterocycles. The molecule has 0 aliphatic heterocycles. The van der Waals surface area contributed by atoms with E-state index >= 15 is 0 Å². The number of benzene rings is 1.